The maximum Gasteiger partial charge on any atom is 0.346 e. The van der Waals surface area contributed by atoms with E-state index >= 15 is 0 Å². The summed E-state index contributed by atoms with van der Waals surface area (Å²) in [6, 6.07) is 9.05. The monoisotopic (exact) mass is 308 g/mol. The van der Waals surface area contributed by atoms with Crippen LogP contribution in [0.4, 0.5) is 0 Å². The first-order valence-corrected chi connectivity index (χ1v) is 6.82. The molecular weight excluding hydrogens is 300 g/mol. The van der Waals surface area contributed by atoms with Crippen LogP contribution in [0.15, 0.2) is 36.4 Å². The molecule has 0 saturated carbocycles. The normalized spacial score (nSPS) is 15.8. The zero-order valence-electron chi connectivity index (χ0n) is 11.6. The predicted octanol–water partition coefficient (Wildman–Crippen LogP) is 1.90. The van der Waals surface area contributed by atoms with Crippen molar-refractivity contribution in [1.29, 1.82) is 0 Å². The molecule has 2 aliphatic heterocycles. The molecule has 4 rings (SSSR count). The third kappa shape index (κ3) is 2.03. The van der Waals surface area contributed by atoms with Gasteiger partial charge in [0.15, 0.2) is 0 Å². The highest BCUT2D eigenvalue weighted by Crippen LogP contribution is 2.25. The fourth-order valence-electron chi connectivity index (χ4n) is 2.72. The van der Waals surface area contributed by atoms with Gasteiger partial charge in [0.2, 0.25) is 0 Å². The van der Waals surface area contributed by atoms with Crippen LogP contribution in [0.1, 0.15) is 52.6 Å². The number of carbonyl (C=O) groups excluding carboxylic acids is 4. The van der Waals surface area contributed by atoms with E-state index in [0.717, 1.165) is 11.1 Å². The van der Waals surface area contributed by atoms with Crippen LogP contribution in [0, 0.1) is 0 Å². The van der Waals surface area contributed by atoms with E-state index in [2.05, 4.69) is 0 Å². The molecule has 2 aliphatic rings. The summed E-state index contributed by atoms with van der Waals surface area (Å²) in [5.74, 6) is -3.82. The van der Waals surface area contributed by atoms with Crippen LogP contribution in [0.3, 0.4) is 0 Å². The highest BCUT2D eigenvalue weighted by molar-refractivity contribution is 6.15. The van der Waals surface area contributed by atoms with E-state index in [1.165, 1.54) is 24.3 Å². The van der Waals surface area contributed by atoms with E-state index < -0.39 is 23.9 Å². The summed E-state index contributed by atoms with van der Waals surface area (Å²) in [5.41, 5.74) is 1.13. The Morgan fingerprint density at radius 1 is 0.565 bits per heavy atom. The minimum Gasteiger partial charge on any atom is -0.386 e. The van der Waals surface area contributed by atoms with Crippen molar-refractivity contribution < 1.29 is 28.7 Å². The van der Waals surface area contributed by atoms with E-state index in [1.807, 2.05) is 0 Å². The molecule has 0 spiro atoms. The number of esters is 4. The van der Waals surface area contributed by atoms with Crippen molar-refractivity contribution in [1.82, 2.24) is 0 Å². The average Bonchev–Trinajstić information content (AvgIpc) is 2.52. The molecule has 0 aliphatic carbocycles. The molecular formula is C17H8O6. The highest BCUT2D eigenvalue weighted by Gasteiger charge is 2.31. The second kappa shape index (κ2) is 4.61. The Kier molecular flexibility index (Phi) is 2.68. The Labute approximate surface area is 129 Å². The molecule has 23 heavy (non-hydrogen) atoms. The molecule has 0 unspecified atom stereocenters. The average molecular weight is 308 g/mol. The number of cyclic esters (lactones) is 2. The van der Waals surface area contributed by atoms with E-state index in [9.17, 15) is 19.2 Å². The summed E-state index contributed by atoms with van der Waals surface area (Å²) in [4.78, 5) is 48.7. The molecule has 2 aromatic carbocycles. The molecule has 2 aromatic rings. The van der Waals surface area contributed by atoms with Crippen LogP contribution in [0.2, 0.25) is 0 Å². The molecule has 0 radical (unpaired) electrons. The van der Waals surface area contributed by atoms with Crippen LogP contribution in [-0.2, 0) is 15.9 Å². The van der Waals surface area contributed by atoms with Crippen LogP contribution in [-0.4, -0.2) is 23.9 Å². The minimum absolute atomic E-state index is 0.0951. The van der Waals surface area contributed by atoms with Crippen molar-refractivity contribution in [2.75, 3.05) is 0 Å². The van der Waals surface area contributed by atoms with E-state index in [1.54, 1.807) is 12.1 Å². The van der Waals surface area contributed by atoms with Crippen molar-refractivity contribution in [3.8, 4) is 0 Å². The SMILES string of the molecule is O=C1OC(=O)c2ccc3cc2C(=O)OC(=O)c2cc(ccc21)C3. The molecule has 0 saturated heterocycles. The van der Waals surface area contributed by atoms with Crippen molar-refractivity contribution in [2.45, 2.75) is 6.42 Å². The predicted molar refractivity (Wildman–Crippen MR) is 75.2 cm³/mol. The van der Waals surface area contributed by atoms with Crippen LogP contribution in [0.5, 0.6) is 0 Å². The third-order valence-corrected chi connectivity index (χ3v) is 3.83. The van der Waals surface area contributed by atoms with E-state index in [-0.39, 0.29) is 22.3 Å². The summed E-state index contributed by atoms with van der Waals surface area (Å²) in [5, 5.41) is 0. The molecule has 6 heteroatoms. The molecule has 4 bridgehead atoms. The Morgan fingerprint density at radius 2 is 0.957 bits per heavy atom. The molecule has 6 nitrogen and oxygen atoms in total. The Bertz CT molecular complexity index is 851. The lowest BCUT2D eigenvalue weighted by Crippen LogP contribution is -2.25. The fraction of sp³-hybridized carbons (Fsp3) is 0.0588. The number of fused-ring (bicyclic) bond motifs is 4. The van der Waals surface area contributed by atoms with Crippen molar-refractivity contribution in [3.63, 3.8) is 0 Å². The summed E-state index contributed by atoms with van der Waals surface area (Å²) >= 11 is 0. The topological polar surface area (TPSA) is 86.7 Å². The van der Waals surface area contributed by atoms with Gasteiger partial charge in [-0.05, 0) is 41.8 Å². The summed E-state index contributed by atoms with van der Waals surface area (Å²) in [7, 11) is 0. The van der Waals surface area contributed by atoms with Gasteiger partial charge in [0.25, 0.3) is 0 Å². The van der Waals surface area contributed by atoms with Gasteiger partial charge in [-0.25, -0.2) is 19.2 Å². The lowest BCUT2D eigenvalue weighted by Gasteiger charge is -2.17. The van der Waals surface area contributed by atoms with Gasteiger partial charge < -0.3 is 9.47 Å². The third-order valence-electron chi connectivity index (χ3n) is 3.83. The molecule has 0 atom stereocenters. The van der Waals surface area contributed by atoms with Gasteiger partial charge in [-0.1, -0.05) is 12.1 Å². The Balaban J connectivity index is 2.10. The summed E-state index contributed by atoms with van der Waals surface area (Å²) < 4.78 is 9.62. The largest absolute Gasteiger partial charge is 0.386 e. The van der Waals surface area contributed by atoms with Gasteiger partial charge in [0, 0.05) is 0 Å². The maximum atomic E-state index is 12.2. The summed E-state index contributed by atoms with van der Waals surface area (Å²) in [6.07, 6.45) is 0.449. The Morgan fingerprint density at radius 3 is 1.39 bits per heavy atom. The van der Waals surface area contributed by atoms with Crippen LogP contribution >= 0.6 is 0 Å². The maximum absolute atomic E-state index is 12.2. The second-order valence-corrected chi connectivity index (χ2v) is 5.29. The first-order valence-electron chi connectivity index (χ1n) is 6.82. The first-order chi connectivity index (χ1) is 11.0. The fourth-order valence-corrected chi connectivity index (χ4v) is 2.72. The number of carbonyl (C=O) groups is 4. The van der Waals surface area contributed by atoms with E-state index in [4.69, 9.17) is 9.47 Å². The number of rotatable bonds is 0. The van der Waals surface area contributed by atoms with Gasteiger partial charge in [0.1, 0.15) is 0 Å². The quantitative estimate of drug-likeness (QED) is 0.545. The second-order valence-electron chi connectivity index (χ2n) is 5.29. The number of benzene rings is 2. The molecule has 2 heterocycles. The standard InChI is InChI=1S/C17H8O6/c18-14-10-3-1-8-5-9-2-4-11(15(19)22-14)13(7-9)17(21)23-16(20)12(10)6-8/h1-4,6-7H,5H2. The minimum atomic E-state index is -0.960. The molecule has 0 aromatic heterocycles. The van der Waals surface area contributed by atoms with Crippen LogP contribution in [0.25, 0.3) is 0 Å². The summed E-state index contributed by atoms with van der Waals surface area (Å²) in [6.45, 7) is 0. The van der Waals surface area contributed by atoms with Crippen molar-refractivity contribution >= 4 is 23.9 Å². The smallest absolute Gasteiger partial charge is 0.346 e. The molecule has 112 valence electrons. The molecule has 0 amide bonds. The van der Waals surface area contributed by atoms with Gasteiger partial charge in [-0.15, -0.1) is 0 Å². The lowest BCUT2D eigenvalue weighted by atomic mass is 9.95. The Hall–Kier alpha value is -3.28. The van der Waals surface area contributed by atoms with Gasteiger partial charge in [0.05, 0.1) is 22.3 Å². The van der Waals surface area contributed by atoms with E-state index in [0.29, 0.717) is 6.42 Å². The lowest BCUT2D eigenvalue weighted by molar-refractivity contribution is 0.0333. The van der Waals surface area contributed by atoms with Gasteiger partial charge in [-0.2, -0.15) is 0 Å². The van der Waals surface area contributed by atoms with Crippen molar-refractivity contribution in [2.24, 2.45) is 0 Å². The zero-order chi connectivity index (χ0) is 16.1. The van der Waals surface area contributed by atoms with Gasteiger partial charge >= 0.3 is 23.9 Å². The van der Waals surface area contributed by atoms with Gasteiger partial charge in [-0.3, -0.25) is 0 Å². The van der Waals surface area contributed by atoms with Crippen molar-refractivity contribution in [3.05, 3.63) is 69.8 Å². The first kappa shape index (κ1) is 13.4. The number of hydrogen-bond donors (Lipinski definition) is 0. The molecule has 0 N–H and O–H groups in total. The zero-order valence-corrected chi connectivity index (χ0v) is 11.6. The number of ether oxygens (including phenoxy) is 2. The number of hydrogen-bond acceptors (Lipinski definition) is 6. The van der Waals surface area contributed by atoms with Crippen LogP contribution < -0.4 is 0 Å². The molecule has 0 fully saturated rings. The highest BCUT2D eigenvalue weighted by atomic mass is 16.6.